The lowest BCUT2D eigenvalue weighted by Gasteiger charge is -2.16. The fourth-order valence-electron chi connectivity index (χ4n) is 1.13. The van der Waals surface area contributed by atoms with Crippen LogP contribution in [-0.2, 0) is 0 Å². The summed E-state index contributed by atoms with van der Waals surface area (Å²) < 4.78 is 0. The van der Waals surface area contributed by atoms with Gasteiger partial charge >= 0.3 is 0 Å². The average Bonchev–Trinajstić information content (AvgIpc) is 2.08. The highest BCUT2D eigenvalue weighted by atomic mass is 35.5. The van der Waals surface area contributed by atoms with Gasteiger partial charge in [-0.25, -0.2) is 0 Å². The van der Waals surface area contributed by atoms with Gasteiger partial charge in [0.15, 0.2) is 0 Å². The quantitative estimate of drug-likeness (QED) is 0.807. The Morgan fingerprint density at radius 2 is 1.85 bits per heavy atom. The van der Waals surface area contributed by atoms with Gasteiger partial charge in [-0.2, -0.15) is 0 Å². The van der Waals surface area contributed by atoms with Crippen molar-refractivity contribution in [2.75, 3.05) is 0 Å². The van der Waals surface area contributed by atoms with Crippen LogP contribution in [0.3, 0.4) is 0 Å². The van der Waals surface area contributed by atoms with E-state index in [9.17, 15) is 5.11 Å². The van der Waals surface area contributed by atoms with Crippen LogP contribution >= 0.6 is 23.2 Å². The largest absolute Gasteiger partial charge is 0.393 e. The molecule has 1 aromatic rings. The smallest absolute Gasteiger partial charge is 0.0627 e. The number of hydrogen-bond donors (Lipinski definition) is 1. The van der Waals surface area contributed by atoms with E-state index in [0.29, 0.717) is 10.0 Å². The maximum atomic E-state index is 9.39. The molecule has 1 rings (SSSR count). The van der Waals surface area contributed by atoms with E-state index in [2.05, 4.69) is 0 Å². The Bertz CT molecular complexity index is 297. The molecule has 2 unspecified atom stereocenters. The SMILES string of the molecule is CC(O)C(C)c1cccc(Cl)c1Cl. The molecule has 1 aromatic carbocycles. The lowest BCUT2D eigenvalue weighted by Crippen LogP contribution is -2.11. The van der Waals surface area contributed by atoms with Crippen LogP contribution in [0.5, 0.6) is 0 Å². The van der Waals surface area contributed by atoms with Crippen molar-refractivity contribution in [3.63, 3.8) is 0 Å². The summed E-state index contributed by atoms with van der Waals surface area (Å²) in [4.78, 5) is 0. The van der Waals surface area contributed by atoms with Crippen LogP contribution in [0.15, 0.2) is 18.2 Å². The molecule has 0 aromatic heterocycles. The van der Waals surface area contributed by atoms with Crippen molar-refractivity contribution >= 4 is 23.2 Å². The lowest BCUT2D eigenvalue weighted by molar-refractivity contribution is 0.169. The van der Waals surface area contributed by atoms with Gasteiger partial charge in [0.2, 0.25) is 0 Å². The molecule has 0 heterocycles. The van der Waals surface area contributed by atoms with Gasteiger partial charge in [-0.05, 0) is 18.6 Å². The van der Waals surface area contributed by atoms with Crippen LogP contribution < -0.4 is 0 Å². The number of halogens is 2. The molecule has 0 aliphatic rings. The van der Waals surface area contributed by atoms with Crippen molar-refractivity contribution < 1.29 is 5.11 Å². The molecule has 3 heteroatoms. The fraction of sp³-hybridized carbons (Fsp3) is 0.400. The Labute approximate surface area is 88.3 Å². The summed E-state index contributed by atoms with van der Waals surface area (Å²) in [5, 5.41) is 10.5. The maximum Gasteiger partial charge on any atom is 0.0627 e. The summed E-state index contributed by atoms with van der Waals surface area (Å²) in [7, 11) is 0. The molecule has 13 heavy (non-hydrogen) atoms. The van der Waals surface area contributed by atoms with Gasteiger partial charge < -0.3 is 5.11 Å². The highest BCUT2D eigenvalue weighted by Crippen LogP contribution is 2.32. The zero-order valence-electron chi connectivity index (χ0n) is 7.59. The molecule has 1 nitrogen and oxygen atoms in total. The Balaban J connectivity index is 3.07. The highest BCUT2D eigenvalue weighted by Gasteiger charge is 2.15. The average molecular weight is 219 g/mol. The van der Waals surface area contributed by atoms with E-state index >= 15 is 0 Å². The standard InChI is InChI=1S/C10H12Cl2O/c1-6(7(2)13)8-4-3-5-9(11)10(8)12/h3-7,13H,1-2H3. The number of hydrogen-bond acceptors (Lipinski definition) is 1. The number of benzene rings is 1. The van der Waals surface area contributed by atoms with Crippen LogP contribution in [0, 0.1) is 0 Å². The van der Waals surface area contributed by atoms with Crippen LogP contribution in [0.25, 0.3) is 0 Å². The second-order valence-electron chi connectivity index (χ2n) is 3.17. The van der Waals surface area contributed by atoms with Crippen molar-refractivity contribution in [3.05, 3.63) is 33.8 Å². The van der Waals surface area contributed by atoms with E-state index < -0.39 is 6.10 Å². The summed E-state index contributed by atoms with van der Waals surface area (Å²) in [6.07, 6.45) is -0.420. The van der Waals surface area contributed by atoms with E-state index in [-0.39, 0.29) is 5.92 Å². The van der Waals surface area contributed by atoms with Gasteiger partial charge in [0, 0.05) is 5.92 Å². The topological polar surface area (TPSA) is 20.2 Å². The highest BCUT2D eigenvalue weighted by molar-refractivity contribution is 6.42. The molecule has 0 fully saturated rings. The van der Waals surface area contributed by atoms with Crippen LogP contribution in [-0.4, -0.2) is 11.2 Å². The molecule has 72 valence electrons. The summed E-state index contributed by atoms with van der Waals surface area (Å²) in [6.45, 7) is 3.66. The molecule has 0 bridgehead atoms. The van der Waals surface area contributed by atoms with Crippen molar-refractivity contribution in [3.8, 4) is 0 Å². The molecule has 0 spiro atoms. The monoisotopic (exact) mass is 218 g/mol. The van der Waals surface area contributed by atoms with Gasteiger partial charge in [0.25, 0.3) is 0 Å². The Morgan fingerprint density at radius 3 is 2.38 bits per heavy atom. The fourth-order valence-corrected chi connectivity index (χ4v) is 1.61. The van der Waals surface area contributed by atoms with Gasteiger partial charge in [-0.1, -0.05) is 42.3 Å². The molecule has 0 radical (unpaired) electrons. The lowest BCUT2D eigenvalue weighted by atomic mass is 9.96. The zero-order chi connectivity index (χ0) is 10.0. The van der Waals surface area contributed by atoms with Crippen molar-refractivity contribution in [1.29, 1.82) is 0 Å². The minimum absolute atomic E-state index is 0.00574. The van der Waals surface area contributed by atoms with Crippen molar-refractivity contribution in [2.45, 2.75) is 25.9 Å². The molecule has 0 aliphatic carbocycles. The Kier molecular flexibility index (Phi) is 3.60. The molecular formula is C10H12Cl2O. The first-order chi connectivity index (χ1) is 6.04. The number of aliphatic hydroxyl groups is 1. The van der Waals surface area contributed by atoms with Gasteiger partial charge in [0.05, 0.1) is 16.1 Å². The predicted octanol–water partition coefficient (Wildman–Crippen LogP) is 3.48. The van der Waals surface area contributed by atoms with Gasteiger partial charge in [-0.3, -0.25) is 0 Å². The molecule has 0 aliphatic heterocycles. The molecule has 2 atom stereocenters. The van der Waals surface area contributed by atoms with Crippen LogP contribution in [0.2, 0.25) is 10.0 Å². The summed E-state index contributed by atoms with van der Waals surface area (Å²) in [6, 6.07) is 5.45. The summed E-state index contributed by atoms with van der Waals surface area (Å²) in [5.41, 5.74) is 0.893. The molecule has 1 N–H and O–H groups in total. The first kappa shape index (κ1) is 10.8. The summed E-state index contributed by atoms with van der Waals surface area (Å²) >= 11 is 11.8. The van der Waals surface area contributed by atoms with E-state index in [4.69, 9.17) is 23.2 Å². The zero-order valence-corrected chi connectivity index (χ0v) is 9.10. The molecule has 0 saturated heterocycles. The third kappa shape index (κ3) is 2.37. The third-order valence-electron chi connectivity index (χ3n) is 2.20. The minimum atomic E-state index is -0.420. The van der Waals surface area contributed by atoms with Crippen LogP contribution in [0.1, 0.15) is 25.3 Å². The van der Waals surface area contributed by atoms with Crippen LogP contribution in [0.4, 0.5) is 0 Å². The summed E-state index contributed by atoms with van der Waals surface area (Å²) in [5.74, 6) is 0.00574. The normalized spacial score (nSPS) is 15.5. The van der Waals surface area contributed by atoms with E-state index in [1.807, 2.05) is 19.1 Å². The van der Waals surface area contributed by atoms with Crippen molar-refractivity contribution in [1.82, 2.24) is 0 Å². The second-order valence-corrected chi connectivity index (χ2v) is 3.96. The first-order valence-corrected chi connectivity index (χ1v) is 4.91. The number of rotatable bonds is 2. The van der Waals surface area contributed by atoms with Crippen molar-refractivity contribution in [2.24, 2.45) is 0 Å². The Morgan fingerprint density at radius 1 is 1.23 bits per heavy atom. The minimum Gasteiger partial charge on any atom is -0.393 e. The first-order valence-electron chi connectivity index (χ1n) is 4.16. The molecule has 0 amide bonds. The van der Waals surface area contributed by atoms with E-state index in [0.717, 1.165) is 5.56 Å². The van der Waals surface area contributed by atoms with Gasteiger partial charge in [-0.15, -0.1) is 0 Å². The number of aliphatic hydroxyl groups excluding tert-OH is 1. The van der Waals surface area contributed by atoms with E-state index in [1.54, 1.807) is 13.0 Å². The predicted molar refractivity (Wildman–Crippen MR) is 56.6 cm³/mol. The molecular weight excluding hydrogens is 207 g/mol. The van der Waals surface area contributed by atoms with Gasteiger partial charge in [0.1, 0.15) is 0 Å². The maximum absolute atomic E-state index is 9.39. The third-order valence-corrected chi connectivity index (χ3v) is 3.03. The second kappa shape index (κ2) is 4.32. The van der Waals surface area contributed by atoms with E-state index in [1.165, 1.54) is 0 Å². The Hall–Kier alpha value is -0.240. The molecule has 0 saturated carbocycles.